The number of aliphatic hydroxyl groups is 1. The van der Waals surface area contributed by atoms with Crippen LogP contribution < -0.4 is 14.4 Å². The van der Waals surface area contributed by atoms with E-state index in [0.29, 0.717) is 33.4 Å². The average Bonchev–Trinajstić information content (AvgIpc) is 3.32. The predicted molar refractivity (Wildman–Crippen MR) is 128 cm³/mol. The number of pyridine rings is 1. The molecule has 2 aliphatic rings. The molecule has 184 valence electrons. The molecule has 1 aromatic heterocycles. The number of alkyl halides is 3. The third-order valence-corrected chi connectivity index (χ3v) is 7.48. The molecule has 3 heterocycles. The molecule has 2 aromatic carbocycles. The van der Waals surface area contributed by atoms with E-state index in [1.54, 1.807) is 36.5 Å². The summed E-state index contributed by atoms with van der Waals surface area (Å²) in [6.07, 6.45) is -0.114. The van der Waals surface area contributed by atoms with Crippen LogP contribution in [0.4, 0.5) is 19.0 Å². The van der Waals surface area contributed by atoms with E-state index in [1.165, 1.54) is 12.1 Å². The van der Waals surface area contributed by atoms with E-state index in [1.807, 2.05) is 6.07 Å². The van der Waals surface area contributed by atoms with Crippen LogP contribution in [0.1, 0.15) is 24.8 Å². The van der Waals surface area contributed by atoms with Crippen LogP contribution in [0.5, 0.6) is 11.5 Å². The first-order valence-corrected chi connectivity index (χ1v) is 12.3. The molecular formula is C26H25F3N2O3S. The fourth-order valence-electron chi connectivity index (χ4n) is 4.49. The Balaban J connectivity index is 1.39. The molecule has 0 radical (unpaired) electrons. The van der Waals surface area contributed by atoms with Gasteiger partial charge in [-0.05, 0) is 78.8 Å². The van der Waals surface area contributed by atoms with E-state index in [0.717, 1.165) is 49.9 Å². The summed E-state index contributed by atoms with van der Waals surface area (Å²) in [4.78, 5) is 7.39. The van der Waals surface area contributed by atoms with Crippen molar-refractivity contribution in [1.82, 2.24) is 4.98 Å². The number of piperidine rings is 1. The van der Waals surface area contributed by atoms with Gasteiger partial charge in [0.05, 0.1) is 5.56 Å². The first-order chi connectivity index (χ1) is 16.9. The van der Waals surface area contributed by atoms with E-state index in [2.05, 4.69) is 9.88 Å². The molecule has 0 saturated carbocycles. The molecule has 1 fully saturated rings. The number of ether oxygens (including phenoxy) is 2. The number of aliphatic hydroxyl groups excluding tert-OH is 1. The molecule has 0 aliphatic carbocycles. The summed E-state index contributed by atoms with van der Waals surface area (Å²) >= 11 is 1.05. The SMILES string of the molecule is OCCC1CCN(c2cc(-c3ccc(Sc4ccc5c(c4)OCO5)c(C(F)(F)F)c3)ccn2)CC1. The number of hydrogen-bond acceptors (Lipinski definition) is 6. The normalized spacial score (nSPS) is 16.1. The zero-order valence-electron chi connectivity index (χ0n) is 18.9. The van der Waals surface area contributed by atoms with Crippen LogP contribution in [-0.2, 0) is 6.18 Å². The van der Waals surface area contributed by atoms with E-state index < -0.39 is 11.7 Å². The van der Waals surface area contributed by atoms with Crippen molar-refractivity contribution >= 4 is 17.6 Å². The summed E-state index contributed by atoms with van der Waals surface area (Å²) < 4.78 is 52.8. The number of fused-ring (bicyclic) bond motifs is 1. The molecule has 9 heteroatoms. The van der Waals surface area contributed by atoms with E-state index in [-0.39, 0.29) is 18.3 Å². The van der Waals surface area contributed by atoms with Gasteiger partial charge in [-0.15, -0.1) is 0 Å². The highest BCUT2D eigenvalue weighted by Gasteiger charge is 2.34. The monoisotopic (exact) mass is 502 g/mol. The average molecular weight is 503 g/mol. The number of halogens is 3. The van der Waals surface area contributed by atoms with Gasteiger partial charge in [-0.1, -0.05) is 17.8 Å². The Bertz CT molecular complexity index is 1200. The van der Waals surface area contributed by atoms with Crippen molar-refractivity contribution in [3.05, 3.63) is 60.3 Å². The number of aromatic nitrogens is 1. The molecule has 1 saturated heterocycles. The first kappa shape index (κ1) is 23.8. The van der Waals surface area contributed by atoms with Crippen LogP contribution in [0, 0.1) is 5.92 Å². The second-order valence-electron chi connectivity index (χ2n) is 8.67. The van der Waals surface area contributed by atoms with Gasteiger partial charge in [-0.2, -0.15) is 13.2 Å². The molecule has 0 unspecified atom stereocenters. The molecule has 0 amide bonds. The lowest BCUT2D eigenvalue weighted by Gasteiger charge is -2.32. The number of anilines is 1. The van der Waals surface area contributed by atoms with Gasteiger partial charge in [-0.25, -0.2) is 4.98 Å². The van der Waals surface area contributed by atoms with Crippen LogP contribution in [0.2, 0.25) is 0 Å². The Morgan fingerprint density at radius 1 is 0.971 bits per heavy atom. The number of nitrogens with zero attached hydrogens (tertiary/aromatic N) is 2. The third-order valence-electron chi connectivity index (χ3n) is 6.41. The molecule has 0 bridgehead atoms. The van der Waals surface area contributed by atoms with Gasteiger partial charge in [-0.3, -0.25) is 0 Å². The molecule has 5 nitrogen and oxygen atoms in total. The minimum atomic E-state index is -4.50. The highest BCUT2D eigenvalue weighted by Crippen LogP contribution is 2.44. The molecule has 35 heavy (non-hydrogen) atoms. The van der Waals surface area contributed by atoms with Crippen molar-refractivity contribution in [1.29, 1.82) is 0 Å². The maximum Gasteiger partial charge on any atom is 0.417 e. The maximum absolute atomic E-state index is 14.0. The van der Waals surface area contributed by atoms with Crippen LogP contribution >= 0.6 is 11.8 Å². The van der Waals surface area contributed by atoms with Crippen LogP contribution in [0.25, 0.3) is 11.1 Å². The van der Waals surface area contributed by atoms with Gasteiger partial charge in [0.1, 0.15) is 5.82 Å². The smallest absolute Gasteiger partial charge is 0.417 e. The quantitative estimate of drug-likeness (QED) is 0.430. The van der Waals surface area contributed by atoms with Gasteiger partial charge in [0.2, 0.25) is 6.79 Å². The third kappa shape index (κ3) is 5.36. The van der Waals surface area contributed by atoms with Crippen molar-refractivity contribution in [3.63, 3.8) is 0 Å². The Hall–Kier alpha value is -2.91. The summed E-state index contributed by atoms with van der Waals surface area (Å²) in [6.45, 7) is 1.95. The van der Waals surface area contributed by atoms with Crippen molar-refractivity contribution in [3.8, 4) is 22.6 Å². The molecule has 2 aliphatic heterocycles. The molecular weight excluding hydrogens is 477 g/mol. The zero-order valence-corrected chi connectivity index (χ0v) is 19.7. The maximum atomic E-state index is 14.0. The summed E-state index contributed by atoms with van der Waals surface area (Å²) in [5.41, 5.74) is 0.504. The standard InChI is InChI=1S/C26H25F3N2O3S/c27-26(28,29)21-13-18(1-4-24(21)35-20-2-3-22-23(15-20)34-16-33-22)19-5-9-30-25(14-19)31-10-6-17(7-11-31)8-12-32/h1-5,9,13-15,17,32H,6-8,10-12,16H2. The fraction of sp³-hybridized carbons (Fsp3) is 0.346. The molecule has 3 aromatic rings. The summed E-state index contributed by atoms with van der Waals surface area (Å²) in [5.74, 6) is 2.39. The largest absolute Gasteiger partial charge is 0.454 e. The second-order valence-corrected chi connectivity index (χ2v) is 9.79. The van der Waals surface area contributed by atoms with Gasteiger partial charge in [0, 0.05) is 35.7 Å². The van der Waals surface area contributed by atoms with Crippen LogP contribution in [0.15, 0.2) is 64.5 Å². The van der Waals surface area contributed by atoms with Crippen molar-refractivity contribution in [2.75, 3.05) is 31.4 Å². The summed E-state index contributed by atoms with van der Waals surface area (Å²) in [5, 5.41) is 9.16. The number of rotatable bonds is 6. The molecule has 1 N–H and O–H groups in total. The topological polar surface area (TPSA) is 54.8 Å². The zero-order chi connectivity index (χ0) is 24.4. The number of benzene rings is 2. The number of hydrogen-bond donors (Lipinski definition) is 1. The Kier molecular flexibility index (Phi) is 6.80. The van der Waals surface area contributed by atoms with Gasteiger partial charge < -0.3 is 19.5 Å². The van der Waals surface area contributed by atoms with Gasteiger partial charge in [0.15, 0.2) is 11.5 Å². The van der Waals surface area contributed by atoms with Crippen molar-refractivity contribution in [2.24, 2.45) is 5.92 Å². The lowest BCUT2D eigenvalue weighted by molar-refractivity contribution is -0.139. The van der Waals surface area contributed by atoms with Gasteiger partial charge in [0.25, 0.3) is 0 Å². The minimum Gasteiger partial charge on any atom is -0.454 e. The van der Waals surface area contributed by atoms with E-state index in [9.17, 15) is 13.2 Å². The lowest BCUT2D eigenvalue weighted by Crippen LogP contribution is -2.34. The fourth-order valence-corrected chi connectivity index (χ4v) is 5.47. The predicted octanol–water partition coefficient (Wildman–Crippen LogP) is 6.25. The first-order valence-electron chi connectivity index (χ1n) is 11.5. The van der Waals surface area contributed by atoms with Crippen LogP contribution in [0.3, 0.4) is 0 Å². The Morgan fingerprint density at radius 2 is 1.74 bits per heavy atom. The summed E-state index contributed by atoms with van der Waals surface area (Å²) in [7, 11) is 0. The van der Waals surface area contributed by atoms with Crippen LogP contribution in [-0.4, -0.2) is 36.6 Å². The Labute approximate surface area is 205 Å². The van der Waals surface area contributed by atoms with E-state index >= 15 is 0 Å². The van der Waals surface area contributed by atoms with Gasteiger partial charge >= 0.3 is 6.18 Å². The second kappa shape index (κ2) is 9.99. The lowest BCUT2D eigenvalue weighted by atomic mass is 9.94. The summed E-state index contributed by atoms with van der Waals surface area (Å²) in [6, 6.07) is 13.2. The minimum absolute atomic E-state index is 0.112. The Morgan fingerprint density at radius 3 is 2.51 bits per heavy atom. The molecule has 0 atom stereocenters. The highest BCUT2D eigenvalue weighted by atomic mass is 32.2. The molecule has 0 spiro atoms. The van der Waals surface area contributed by atoms with E-state index in [4.69, 9.17) is 14.6 Å². The van der Waals surface area contributed by atoms with Crippen molar-refractivity contribution < 1.29 is 27.8 Å². The molecule has 5 rings (SSSR count). The van der Waals surface area contributed by atoms with Crippen molar-refractivity contribution in [2.45, 2.75) is 35.2 Å². The highest BCUT2D eigenvalue weighted by molar-refractivity contribution is 7.99.